The average Bonchev–Trinajstić information content (AvgIpc) is 3.02. The van der Waals surface area contributed by atoms with E-state index in [2.05, 4.69) is 26.7 Å². The van der Waals surface area contributed by atoms with Gasteiger partial charge in [-0.3, -0.25) is 0 Å². The molecule has 0 fully saturated rings. The SMILES string of the molecule is CCNc1nnc(SCc2cn3ccccc3n2)s1. The van der Waals surface area contributed by atoms with E-state index in [4.69, 9.17) is 0 Å². The molecule has 3 heterocycles. The molecule has 0 radical (unpaired) electrons. The van der Waals surface area contributed by atoms with Crippen molar-refractivity contribution in [3.63, 3.8) is 0 Å². The van der Waals surface area contributed by atoms with Crippen molar-refractivity contribution in [1.29, 1.82) is 0 Å². The molecule has 0 unspecified atom stereocenters. The average molecular weight is 291 g/mol. The lowest BCUT2D eigenvalue weighted by atomic mass is 10.5. The quantitative estimate of drug-likeness (QED) is 0.733. The minimum Gasteiger partial charge on any atom is -0.360 e. The van der Waals surface area contributed by atoms with Crippen molar-refractivity contribution < 1.29 is 0 Å². The van der Waals surface area contributed by atoms with Crippen LogP contribution in [0.3, 0.4) is 0 Å². The Balaban J connectivity index is 1.67. The number of hydrogen-bond donors (Lipinski definition) is 1. The molecule has 98 valence electrons. The van der Waals surface area contributed by atoms with Gasteiger partial charge in [-0.1, -0.05) is 29.2 Å². The molecule has 0 aliphatic rings. The number of rotatable bonds is 5. The van der Waals surface area contributed by atoms with Crippen molar-refractivity contribution in [2.45, 2.75) is 17.0 Å². The first kappa shape index (κ1) is 12.4. The first-order chi connectivity index (χ1) is 9.35. The molecule has 0 saturated heterocycles. The zero-order valence-electron chi connectivity index (χ0n) is 10.4. The standard InChI is InChI=1S/C12H13N5S2/c1-2-13-11-15-16-12(19-11)18-8-9-7-17-6-4-3-5-10(17)14-9/h3-7H,2,8H2,1H3,(H,13,15). The van der Waals surface area contributed by atoms with E-state index in [0.29, 0.717) is 0 Å². The van der Waals surface area contributed by atoms with Gasteiger partial charge in [0, 0.05) is 24.7 Å². The second-order valence-electron chi connectivity index (χ2n) is 3.89. The number of nitrogens with one attached hydrogen (secondary N) is 1. The van der Waals surface area contributed by atoms with E-state index < -0.39 is 0 Å². The lowest BCUT2D eigenvalue weighted by molar-refractivity contribution is 1.00. The fraction of sp³-hybridized carbons (Fsp3) is 0.250. The lowest BCUT2D eigenvalue weighted by Crippen LogP contribution is -1.94. The monoisotopic (exact) mass is 291 g/mol. The van der Waals surface area contributed by atoms with Gasteiger partial charge in [-0.15, -0.1) is 10.2 Å². The smallest absolute Gasteiger partial charge is 0.206 e. The fourth-order valence-corrected chi connectivity index (χ4v) is 3.39. The second-order valence-corrected chi connectivity index (χ2v) is 6.09. The van der Waals surface area contributed by atoms with Crippen molar-refractivity contribution in [3.8, 4) is 0 Å². The molecule has 7 heteroatoms. The minimum atomic E-state index is 0.808. The van der Waals surface area contributed by atoms with Crippen LogP contribution in [0.2, 0.25) is 0 Å². The molecule has 1 N–H and O–H groups in total. The maximum atomic E-state index is 4.55. The fourth-order valence-electron chi connectivity index (χ4n) is 1.68. The summed E-state index contributed by atoms with van der Waals surface area (Å²) >= 11 is 3.24. The molecule has 0 saturated carbocycles. The number of nitrogens with zero attached hydrogens (tertiary/aromatic N) is 4. The normalized spacial score (nSPS) is 11.0. The Bertz CT molecular complexity index is 642. The summed E-state index contributed by atoms with van der Waals surface area (Å²) in [4.78, 5) is 4.55. The molecule has 19 heavy (non-hydrogen) atoms. The summed E-state index contributed by atoms with van der Waals surface area (Å²) in [5, 5.41) is 12.2. The van der Waals surface area contributed by atoms with Crippen LogP contribution in [0.5, 0.6) is 0 Å². The Morgan fingerprint density at radius 1 is 1.37 bits per heavy atom. The molecule has 0 aliphatic heterocycles. The van der Waals surface area contributed by atoms with E-state index in [1.54, 1.807) is 23.1 Å². The summed E-state index contributed by atoms with van der Waals surface area (Å²) < 4.78 is 2.99. The molecule has 3 aromatic rings. The molecular weight excluding hydrogens is 278 g/mol. The third-order valence-electron chi connectivity index (χ3n) is 2.49. The van der Waals surface area contributed by atoms with Gasteiger partial charge < -0.3 is 9.72 Å². The van der Waals surface area contributed by atoms with Crippen LogP contribution in [-0.2, 0) is 5.75 Å². The van der Waals surface area contributed by atoms with Crippen LogP contribution in [0.25, 0.3) is 5.65 Å². The van der Waals surface area contributed by atoms with Crippen LogP contribution in [0.1, 0.15) is 12.6 Å². The molecule has 3 rings (SSSR count). The van der Waals surface area contributed by atoms with E-state index in [1.807, 2.05) is 35.7 Å². The van der Waals surface area contributed by atoms with Crippen molar-refractivity contribution in [1.82, 2.24) is 19.6 Å². The maximum Gasteiger partial charge on any atom is 0.206 e. The van der Waals surface area contributed by atoms with Crippen molar-refractivity contribution in [3.05, 3.63) is 36.3 Å². The van der Waals surface area contributed by atoms with Crippen molar-refractivity contribution >= 4 is 33.9 Å². The Kier molecular flexibility index (Phi) is 3.65. The second kappa shape index (κ2) is 5.58. The van der Waals surface area contributed by atoms with Crippen LogP contribution in [-0.4, -0.2) is 26.1 Å². The van der Waals surface area contributed by atoms with Crippen LogP contribution in [0.4, 0.5) is 5.13 Å². The summed E-state index contributed by atoms with van der Waals surface area (Å²) in [7, 11) is 0. The molecule has 0 bridgehead atoms. The first-order valence-corrected chi connectivity index (χ1v) is 7.78. The Morgan fingerprint density at radius 3 is 3.16 bits per heavy atom. The Morgan fingerprint density at radius 2 is 2.32 bits per heavy atom. The van der Waals surface area contributed by atoms with E-state index in [1.165, 1.54) is 0 Å². The van der Waals surface area contributed by atoms with Crippen LogP contribution in [0, 0.1) is 0 Å². The highest BCUT2D eigenvalue weighted by Gasteiger charge is 2.06. The number of fused-ring (bicyclic) bond motifs is 1. The summed E-state index contributed by atoms with van der Waals surface area (Å²) in [5.41, 5.74) is 2.03. The van der Waals surface area contributed by atoms with Gasteiger partial charge in [-0.25, -0.2) is 4.98 Å². The van der Waals surface area contributed by atoms with Crippen LogP contribution < -0.4 is 5.32 Å². The molecule has 3 aromatic heterocycles. The highest BCUT2D eigenvalue weighted by atomic mass is 32.2. The maximum absolute atomic E-state index is 4.55. The molecule has 0 atom stereocenters. The summed E-state index contributed by atoms with van der Waals surface area (Å²) in [6, 6.07) is 5.99. The Labute approximate surface area is 119 Å². The van der Waals surface area contributed by atoms with Gasteiger partial charge in [0.05, 0.1) is 5.69 Å². The molecule has 0 aromatic carbocycles. The number of anilines is 1. The van der Waals surface area contributed by atoms with Crippen LogP contribution >= 0.6 is 23.1 Å². The molecule has 5 nitrogen and oxygen atoms in total. The van der Waals surface area contributed by atoms with Crippen LogP contribution in [0.15, 0.2) is 34.9 Å². The van der Waals surface area contributed by atoms with E-state index >= 15 is 0 Å². The number of aromatic nitrogens is 4. The van der Waals surface area contributed by atoms with E-state index in [9.17, 15) is 0 Å². The third-order valence-corrected chi connectivity index (χ3v) is 4.54. The summed E-state index contributed by atoms with van der Waals surface area (Å²) in [6.07, 6.45) is 4.05. The highest BCUT2D eigenvalue weighted by Crippen LogP contribution is 2.27. The number of imidazole rings is 1. The van der Waals surface area contributed by atoms with Gasteiger partial charge in [-0.05, 0) is 19.1 Å². The molecular formula is C12H13N5S2. The first-order valence-electron chi connectivity index (χ1n) is 5.98. The van der Waals surface area contributed by atoms with Gasteiger partial charge >= 0.3 is 0 Å². The largest absolute Gasteiger partial charge is 0.360 e. The summed E-state index contributed by atoms with van der Waals surface area (Å²) in [6.45, 7) is 2.91. The van der Waals surface area contributed by atoms with E-state index in [0.717, 1.165) is 33.1 Å². The molecule has 0 spiro atoms. The van der Waals surface area contributed by atoms with Gasteiger partial charge in [0.15, 0.2) is 4.34 Å². The molecule has 0 aliphatic carbocycles. The number of pyridine rings is 1. The molecule has 0 amide bonds. The zero-order valence-corrected chi connectivity index (χ0v) is 12.0. The lowest BCUT2D eigenvalue weighted by Gasteiger charge is -1.92. The Hall–Kier alpha value is -1.60. The predicted molar refractivity (Wildman–Crippen MR) is 78.8 cm³/mol. The highest BCUT2D eigenvalue weighted by molar-refractivity contribution is 8.00. The zero-order chi connectivity index (χ0) is 13.1. The van der Waals surface area contributed by atoms with Gasteiger partial charge in [0.25, 0.3) is 0 Å². The van der Waals surface area contributed by atoms with E-state index in [-0.39, 0.29) is 0 Å². The van der Waals surface area contributed by atoms with Crippen molar-refractivity contribution in [2.24, 2.45) is 0 Å². The minimum absolute atomic E-state index is 0.808. The van der Waals surface area contributed by atoms with Gasteiger partial charge in [-0.2, -0.15) is 0 Å². The number of thioether (sulfide) groups is 1. The number of hydrogen-bond acceptors (Lipinski definition) is 6. The summed E-state index contributed by atoms with van der Waals surface area (Å²) in [5.74, 6) is 0.808. The van der Waals surface area contributed by atoms with Gasteiger partial charge in [0.1, 0.15) is 5.65 Å². The third kappa shape index (κ3) is 2.87. The predicted octanol–water partition coefficient (Wildman–Crippen LogP) is 2.91. The topological polar surface area (TPSA) is 55.1 Å². The van der Waals surface area contributed by atoms with Crippen molar-refractivity contribution in [2.75, 3.05) is 11.9 Å². The van der Waals surface area contributed by atoms with Gasteiger partial charge in [0.2, 0.25) is 5.13 Å².